The molecule has 0 spiro atoms. The lowest BCUT2D eigenvalue weighted by molar-refractivity contribution is -0.384. The van der Waals surface area contributed by atoms with Gasteiger partial charge in [-0.05, 0) is 18.2 Å². The van der Waals surface area contributed by atoms with E-state index in [1.807, 2.05) is 0 Å². The Kier molecular flexibility index (Phi) is 5.25. The number of rotatable bonds is 6. The topological polar surface area (TPSA) is 114 Å². The van der Waals surface area contributed by atoms with Crippen molar-refractivity contribution >= 4 is 5.69 Å². The van der Waals surface area contributed by atoms with E-state index in [-0.39, 0.29) is 17.3 Å². The van der Waals surface area contributed by atoms with E-state index in [2.05, 4.69) is 4.98 Å². The lowest BCUT2D eigenvalue weighted by atomic mass is 10.1. The monoisotopic (exact) mass is 384 g/mol. The molecular formula is C19H16N2O7. The quantitative estimate of drug-likeness (QED) is 0.470. The molecule has 9 nitrogen and oxygen atoms in total. The SMILES string of the molecule is COc1cc(-c2cc(=O)oc(-c3cccc([N+](=O)[O-])c3)n2)cc(OC)c1OC. The summed E-state index contributed by atoms with van der Waals surface area (Å²) in [5.74, 6) is 1.14. The molecule has 0 fully saturated rings. The molecule has 0 aliphatic heterocycles. The number of hydrogen-bond donors (Lipinski definition) is 0. The second kappa shape index (κ2) is 7.78. The lowest BCUT2D eigenvalue weighted by Gasteiger charge is -2.14. The molecule has 9 heteroatoms. The summed E-state index contributed by atoms with van der Waals surface area (Å²) in [6.07, 6.45) is 0. The maximum atomic E-state index is 12.1. The smallest absolute Gasteiger partial charge is 0.339 e. The van der Waals surface area contributed by atoms with E-state index in [1.54, 1.807) is 18.2 Å². The van der Waals surface area contributed by atoms with Crippen molar-refractivity contribution < 1.29 is 23.6 Å². The summed E-state index contributed by atoms with van der Waals surface area (Å²) in [6, 6.07) is 10.2. The van der Waals surface area contributed by atoms with Crippen LogP contribution < -0.4 is 19.8 Å². The maximum Gasteiger partial charge on any atom is 0.339 e. The summed E-state index contributed by atoms with van der Waals surface area (Å²) < 4.78 is 21.1. The van der Waals surface area contributed by atoms with Crippen LogP contribution in [-0.4, -0.2) is 31.2 Å². The number of non-ortho nitro benzene ring substituents is 1. The van der Waals surface area contributed by atoms with E-state index in [0.29, 0.717) is 28.4 Å². The van der Waals surface area contributed by atoms with Gasteiger partial charge in [0.2, 0.25) is 11.6 Å². The molecular weight excluding hydrogens is 368 g/mol. The number of nitro benzene ring substituents is 1. The van der Waals surface area contributed by atoms with Crippen molar-refractivity contribution in [3.05, 3.63) is 63.0 Å². The van der Waals surface area contributed by atoms with Crippen LogP contribution >= 0.6 is 0 Å². The number of nitro groups is 1. The highest BCUT2D eigenvalue weighted by Crippen LogP contribution is 2.40. The van der Waals surface area contributed by atoms with E-state index >= 15 is 0 Å². The van der Waals surface area contributed by atoms with Crippen molar-refractivity contribution in [1.82, 2.24) is 4.98 Å². The molecule has 0 N–H and O–H groups in total. The Bertz CT molecular complexity index is 1070. The number of hydrogen-bond acceptors (Lipinski definition) is 8. The van der Waals surface area contributed by atoms with Crippen molar-refractivity contribution in [2.45, 2.75) is 0 Å². The summed E-state index contributed by atoms with van der Waals surface area (Å²) >= 11 is 0. The maximum absolute atomic E-state index is 12.1. The van der Waals surface area contributed by atoms with Crippen LogP contribution in [0.15, 0.2) is 51.7 Å². The van der Waals surface area contributed by atoms with E-state index in [9.17, 15) is 14.9 Å². The molecule has 2 aromatic carbocycles. The summed E-state index contributed by atoms with van der Waals surface area (Å²) in [5.41, 5.74) is 0.326. The van der Waals surface area contributed by atoms with Gasteiger partial charge >= 0.3 is 5.63 Å². The van der Waals surface area contributed by atoms with Gasteiger partial charge in [-0.2, -0.15) is 0 Å². The Balaban J connectivity index is 2.16. The third-order valence-corrected chi connectivity index (χ3v) is 3.94. The molecule has 0 radical (unpaired) electrons. The lowest BCUT2D eigenvalue weighted by Crippen LogP contribution is -2.03. The average molecular weight is 384 g/mol. The van der Waals surface area contributed by atoms with Crippen molar-refractivity contribution in [3.8, 4) is 40.0 Å². The normalized spacial score (nSPS) is 10.4. The van der Waals surface area contributed by atoms with Gasteiger partial charge in [0, 0.05) is 23.3 Å². The van der Waals surface area contributed by atoms with Crippen LogP contribution in [0.3, 0.4) is 0 Å². The first-order valence-electron chi connectivity index (χ1n) is 8.04. The fraction of sp³-hybridized carbons (Fsp3) is 0.158. The van der Waals surface area contributed by atoms with Crippen molar-refractivity contribution in [2.24, 2.45) is 0 Å². The minimum atomic E-state index is -0.653. The van der Waals surface area contributed by atoms with Crippen molar-refractivity contribution in [1.29, 1.82) is 0 Å². The minimum absolute atomic E-state index is 0.0417. The second-order valence-electron chi connectivity index (χ2n) is 5.59. The molecule has 28 heavy (non-hydrogen) atoms. The van der Waals surface area contributed by atoms with E-state index in [4.69, 9.17) is 18.6 Å². The first-order valence-corrected chi connectivity index (χ1v) is 8.04. The molecule has 0 amide bonds. The first kappa shape index (κ1) is 18.9. The Morgan fingerprint density at radius 1 is 0.964 bits per heavy atom. The fourth-order valence-corrected chi connectivity index (χ4v) is 2.65. The Labute approximate surface area is 159 Å². The molecule has 1 heterocycles. The number of nitrogens with zero attached hydrogens (tertiary/aromatic N) is 2. The van der Waals surface area contributed by atoms with Gasteiger partial charge in [-0.1, -0.05) is 6.07 Å². The molecule has 0 aliphatic rings. The van der Waals surface area contributed by atoms with Gasteiger partial charge in [-0.3, -0.25) is 10.1 Å². The van der Waals surface area contributed by atoms with Crippen LogP contribution in [-0.2, 0) is 0 Å². The molecule has 0 saturated heterocycles. The third-order valence-electron chi connectivity index (χ3n) is 3.94. The zero-order valence-corrected chi connectivity index (χ0v) is 15.3. The highest BCUT2D eigenvalue weighted by Gasteiger charge is 2.17. The van der Waals surface area contributed by atoms with Crippen LogP contribution in [0.2, 0.25) is 0 Å². The van der Waals surface area contributed by atoms with Crippen molar-refractivity contribution in [3.63, 3.8) is 0 Å². The van der Waals surface area contributed by atoms with Gasteiger partial charge in [-0.15, -0.1) is 0 Å². The standard InChI is InChI=1S/C19H16N2O7/c1-25-15-8-12(9-16(26-2)18(15)27-3)14-10-17(22)28-19(20-14)11-5-4-6-13(7-11)21(23)24/h4-10H,1-3H3. The van der Waals surface area contributed by atoms with Gasteiger partial charge < -0.3 is 18.6 Å². The van der Waals surface area contributed by atoms with Crippen molar-refractivity contribution in [2.75, 3.05) is 21.3 Å². The number of benzene rings is 2. The molecule has 1 aromatic heterocycles. The molecule has 0 saturated carbocycles. The van der Waals surface area contributed by atoms with Gasteiger partial charge in [-0.25, -0.2) is 9.78 Å². The predicted molar refractivity (Wildman–Crippen MR) is 100.0 cm³/mol. The summed E-state index contributed by atoms with van der Waals surface area (Å²) in [6.45, 7) is 0. The number of methoxy groups -OCH3 is 3. The molecule has 144 valence electrons. The van der Waals surface area contributed by atoms with Crippen LogP contribution in [0.5, 0.6) is 17.2 Å². The molecule has 3 rings (SSSR count). The van der Waals surface area contributed by atoms with E-state index < -0.39 is 10.5 Å². The predicted octanol–water partition coefficient (Wildman–Crippen LogP) is 3.30. The summed E-state index contributed by atoms with van der Waals surface area (Å²) in [4.78, 5) is 26.9. The van der Waals surface area contributed by atoms with Crippen LogP contribution in [0.25, 0.3) is 22.7 Å². The Hall–Kier alpha value is -3.88. The van der Waals surface area contributed by atoms with Crippen LogP contribution in [0.1, 0.15) is 0 Å². The first-order chi connectivity index (χ1) is 13.5. The largest absolute Gasteiger partial charge is 0.493 e. The van der Waals surface area contributed by atoms with E-state index in [1.165, 1.54) is 45.6 Å². The minimum Gasteiger partial charge on any atom is -0.493 e. The van der Waals surface area contributed by atoms with Gasteiger partial charge in [0.25, 0.3) is 5.69 Å². The Morgan fingerprint density at radius 2 is 1.64 bits per heavy atom. The van der Waals surface area contributed by atoms with Crippen LogP contribution in [0, 0.1) is 10.1 Å². The third kappa shape index (κ3) is 3.63. The van der Waals surface area contributed by atoms with Gasteiger partial charge in [0.1, 0.15) is 0 Å². The van der Waals surface area contributed by atoms with E-state index in [0.717, 1.165) is 0 Å². The zero-order valence-electron chi connectivity index (χ0n) is 15.3. The molecule has 0 unspecified atom stereocenters. The fourth-order valence-electron chi connectivity index (χ4n) is 2.65. The number of ether oxygens (including phenoxy) is 3. The second-order valence-corrected chi connectivity index (χ2v) is 5.59. The number of aromatic nitrogens is 1. The van der Waals surface area contributed by atoms with Gasteiger partial charge in [0.05, 0.1) is 38.0 Å². The van der Waals surface area contributed by atoms with Gasteiger partial charge in [0.15, 0.2) is 11.5 Å². The highest BCUT2D eigenvalue weighted by molar-refractivity contribution is 5.70. The highest BCUT2D eigenvalue weighted by atomic mass is 16.6. The summed E-state index contributed by atoms with van der Waals surface area (Å²) in [5, 5.41) is 11.0. The molecule has 3 aromatic rings. The zero-order chi connectivity index (χ0) is 20.3. The molecule has 0 aliphatic carbocycles. The molecule has 0 bridgehead atoms. The van der Waals surface area contributed by atoms with Crippen LogP contribution in [0.4, 0.5) is 5.69 Å². The molecule has 0 atom stereocenters. The Morgan fingerprint density at radius 3 is 2.21 bits per heavy atom. The summed E-state index contributed by atoms with van der Waals surface area (Å²) in [7, 11) is 4.43. The average Bonchev–Trinajstić information content (AvgIpc) is 2.72.